The Labute approximate surface area is 168 Å². The Morgan fingerprint density at radius 1 is 1.10 bits per heavy atom. The number of rotatable bonds is 7. The highest BCUT2D eigenvalue weighted by atomic mass is 19.1. The maximum Gasteiger partial charge on any atom is 0.261 e. The van der Waals surface area contributed by atoms with Crippen LogP contribution in [0.25, 0.3) is 11.3 Å². The van der Waals surface area contributed by atoms with Gasteiger partial charge in [-0.3, -0.25) is 9.69 Å². The van der Waals surface area contributed by atoms with E-state index in [2.05, 4.69) is 15.4 Å². The summed E-state index contributed by atoms with van der Waals surface area (Å²) in [5.74, 6) is 0.0541. The van der Waals surface area contributed by atoms with Gasteiger partial charge in [0.15, 0.2) is 0 Å². The van der Waals surface area contributed by atoms with Crippen molar-refractivity contribution in [2.24, 2.45) is 0 Å². The fourth-order valence-electron chi connectivity index (χ4n) is 3.35. The Balaban J connectivity index is 1.35. The Bertz CT molecular complexity index is 948. The maximum atomic E-state index is 13.1. The Morgan fingerprint density at radius 2 is 1.83 bits per heavy atom. The van der Waals surface area contributed by atoms with Crippen LogP contribution in [0.3, 0.4) is 0 Å². The predicted molar refractivity (Wildman–Crippen MR) is 107 cm³/mol. The highest BCUT2D eigenvalue weighted by molar-refractivity contribution is 6.07. The van der Waals surface area contributed by atoms with Crippen molar-refractivity contribution in [3.63, 3.8) is 0 Å². The molecule has 0 spiro atoms. The van der Waals surface area contributed by atoms with Crippen LogP contribution in [0.5, 0.6) is 5.75 Å². The average molecular weight is 395 g/mol. The zero-order valence-electron chi connectivity index (χ0n) is 15.9. The Hall–Kier alpha value is -3.19. The number of carbonyl (C=O) groups is 1. The third-order valence-corrected chi connectivity index (χ3v) is 4.92. The molecule has 2 aromatic carbocycles. The van der Waals surface area contributed by atoms with E-state index in [9.17, 15) is 9.18 Å². The maximum absolute atomic E-state index is 13.1. The number of hydrogen-bond acceptors (Lipinski definition) is 5. The first-order valence-electron chi connectivity index (χ1n) is 9.66. The number of aromatic nitrogens is 1. The molecule has 1 aromatic heterocycles. The summed E-state index contributed by atoms with van der Waals surface area (Å²) in [5.41, 5.74) is 1.88. The van der Waals surface area contributed by atoms with Gasteiger partial charge in [-0.15, -0.1) is 0 Å². The van der Waals surface area contributed by atoms with E-state index in [1.165, 1.54) is 31.2 Å². The molecular formula is C22H22FN3O3. The average Bonchev–Trinajstić information content (AvgIpc) is 3.42. The van der Waals surface area contributed by atoms with Crippen molar-refractivity contribution in [2.75, 3.05) is 31.6 Å². The van der Waals surface area contributed by atoms with Crippen LogP contribution in [0.1, 0.15) is 23.2 Å². The summed E-state index contributed by atoms with van der Waals surface area (Å²) >= 11 is 0. The summed E-state index contributed by atoms with van der Waals surface area (Å²) in [6.45, 7) is 3.87. The molecule has 4 rings (SSSR count). The van der Waals surface area contributed by atoms with Crippen LogP contribution in [-0.4, -0.2) is 42.2 Å². The van der Waals surface area contributed by atoms with Gasteiger partial charge >= 0.3 is 0 Å². The molecule has 0 saturated carbocycles. The number of benzene rings is 2. The van der Waals surface area contributed by atoms with Crippen LogP contribution in [0.4, 0.5) is 10.1 Å². The van der Waals surface area contributed by atoms with E-state index in [0.717, 1.165) is 25.4 Å². The molecule has 1 aliphatic rings. The highest BCUT2D eigenvalue weighted by Crippen LogP contribution is 2.24. The van der Waals surface area contributed by atoms with Crippen molar-refractivity contribution in [3.8, 4) is 17.0 Å². The summed E-state index contributed by atoms with van der Waals surface area (Å²) in [4.78, 5) is 15.0. The first-order valence-corrected chi connectivity index (χ1v) is 9.66. The largest absolute Gasteiger partial charge is 0.492 e. The lowest BCUT2D eigenvalue weighted by atomic mass is 10.1. The molecule has 1 amide bonds. The van der Waals surface area contributed by atoms with E-state index >= 15 is 0 Å². The molecule has 7 heteroatoms. The molecule has 3 aromatic rings. The van der Waals surface area contributed by atoms with Gasteiger partial charge in [0, 0.05) is 17.8 Å². The van der Waals surface area contributed by atoms with Crippen molar-refractivity contribution >= 4 is 11.6 Å². The molecule has 0 radical (unpaired) electrons. The Morgan fingerprint density at radius 3 is 2.55 bits per heavy atom. The second-order valence-electron chi connectivity index (χ2n) is 6.96. The zero-order chi connectivity index (χ0) is 20.1. The quantitative estimate of drug-likeness (QED) is 0.649. The molecule has 1 saturated heterocycles. The van der Waals surface area contributed by atoms with Crippen LogP contribution in [-0.2, 0) is 0 Å². The minimum atomic E-state index is -0.356. The van der Waals surface area contributed by atoms with Gasteiger partial charge in [-0.05, 0) is 74.5 Å². The normalized spacial score (nSPS) is 14.1. The van der Waals surface area contributed by atoms with Crippen molar-refractivity contribution in [1.29, 1.82) is 0 Å². The standard InChI is InChI=1S/C22H22FN3O3/c23-17-5-3-16(4-6-17)21-20(15-29-25-21)22(27)24-18-7-9-19(10-8-18)28-14-13-26-11-1-2-12-26/h3-10,15H,1-2,11-14H2,(H,24,27). The predicted octanol–water partition coefficient (Wildman–Crippen LogP) is 4.21. The van der Waals surface area contributed by atoms with Gasteiger partial charge in [-0.25, -0.2) is 4.39 Å². The third-order valence-electron chi connectivity index (χ3n) is 4.92. The topological polar surface area (TPSA) is 67.6 Å². The lowest BCUT2D eigenvalue weighted by molar-refractivity contribution is 0.102. The van der Waals surface area contributed by atoms with Crippen LogP contribution in [0.15, 0.2) is 59.3 Å². The molecule has 150 valence electrons. The molecule has 1 N–H and O–H groups in total. The number of nitrogens with zero attached hydrogens (tertiary/aromatic N) is 2. The Kier molecular flexibility index (Phi) is 5.86. The van der Waals surface area contributed by atoms with E-state index in [1.807, 2.05) is 12.1 Å². The molecule has 29 heavy (non-hydrogen) atoms. The van der Waals surface area contributed by atoms with E-state index in [0.29, 0.717) is 23.6 Å². The number of hydrogen-bond donors (Lipinski definition) is 1. The fraction of sp³-hybridized carbons (Fsp3) is 0.273. The summed E-state index contributed by atoms with van der Waals surface area (Å²) in [6, 6.07) is 13.0. The molecule has 1 aliphatic heterocycles. The number of ether oxygens (including phenoxy) is 1. The number of halogens is 1. The number of carbonyl (C=O) groups excluding carboxylic acids is 1. The summed E-state index contributed by atoms with van der Waals surface area (Å²) in [5, 5.41) is 6.69. The van der Waals surface area contributed by atoms with Gasteiger partial charge in [-0.2, -0.15) is 0 Å². The van der Waals surface area contributed by atoms with Gasteiger partial charge in [0.25, 0.3) is 5.91 Å². The van der Waals surface area contributed by atoms with Crippen molar-refractivity contribution in [1.82, 2.24) is 10.1 Å². The van der Waals surface area contributed by atoms with Crippen LogP contribution >= 0.6 is 0 Å². The molecule has 0 atom stereocenters. The van der Waals surface area contributed by atoms with Crippen LogP contribution in [0.2, 0.25) is 0 Å². The van der Waals surface area contributed by atoms with Gasteiger partial charge in [0.1, 0.15) is 35.7 Å². The number of anilines is 1. The lowest BCUT2D eigenvalue weighted by Gasteiger charge is -2.15. The first kappa shape index (κ1) is 19.1. The van der Waals surface area contributed by atoms with Gasteiger partial charge in [0.2, 0.25) is 0 Å². The minimum absolute atomic E-state index is 0.280. The zero-order valence-corrected chi connectivity index (χ0v) is 15.9. The smallest absolute Gasteiger partial charge is 0.261 e. The second kappa shape index (κ2) is 8.87. The number of amides is 1. The van der Waals surface area contributed by atoms with Gasteiger partial charge < -0.3 is 14.6 Å². The number of nitrogens with one attached hydrogen (secondary N) is 1. The summed E-state index contributed by atoms with van der Waals surface area (Å²) < 4.78 is 23.9. The fourth-order valence-corrected chi connectivity index (χ4v) is 3.35. The van der Waals surface area contributed by atoms with E-state index in [-0.39, 0.29) is 17.3 Å². The van der Waals surface area contributed by atoms with E-state index in [1.54, 1.807) is 24.3 Å². The molecular weight excluding hydrogens is 373 g/mol. The molecule has 6 nitrogen and oxygen atoms in total. The van der Waals surface area contributed by atoms with Crippen LogP contribution < -0.4 is 10.1 Å². The van der Waals surface area contributed by atoms with Crippen molar-refractivity contribution in [3.05, 3.63) is 66.2 Å². The minimum Gasteiger partial charge on any atom is -0.492 e. The third kappa shape index (κ3) is 4.81. The van der Waals surface area contributed by atoms with Gasteiger partial charge in [-0.1, -0.05) is 5.16 Å². The summed E-state index contributed by atoms with van der Waals surface area (Å²) in [6.07, 6.45) is 3.82. The molecule has 0 unspecified atom stereocenters. The molecule has 2 heterocycles. The van der Waals surface area contributed by atoms with E-state index < -0.39 is 0 Å². The van der Waals surface area contributed by atoms with Crippen molar-refractivity contribution < 1.29 is 18.4 Å². The molecule has 1 fully saturated rings. The summed E-state index contributed by atoms with van der Waals surface area (Å²) in [7, 11) is 0. The lowest BCUT2D eigenvalue weighted by Crippen LogP contribution is -2.25. The van der Waals surface area contributed by atoms with Crippen molar-refractivity contribution in [2.45, 2.75) is 12.8 Å². The number of likely N-dealkylation sites (tertiary alicyclic amines) is 1. The molecule has 0 aliphatic carbocycles. The SMILES string of the molecule is O=C(Nc1ccc(OCCN2CCCC2)cc1)c1conc1-c1ccc(F)cc1. The van der Waals surface area contributed by atoms with Crippen LogP contribution in [0, 0.1) is 5.82 Å². The first-order chi connectivity index (χ1) is 14.2. The monoisotopic (exact) mass is 395 g/mol. The van der Waals surface area contributed by atoms with E-state index in [4.69, 9.17) is 9.26 Å². The second-order valence-corrected chi connectivity index (χ2v) is 6.96. The highest BCUT2D eigenvalue weighted by Gasteiger charge is 2.18. The van der Waals surface area contributed by atoms with Gasteiger partial charge in [0.05, 0.1) is 0 Å². The molecule has 0 bridgehead atoms.